The lowest BCUT2D eigenvalue weighted by Crippen LogP contribution is -1.95. The summed E-state index contributed by atoms with van der Waals surface area (Å²) in [7, 11) is 0. The van der Waals surface area contributed by atoms with E-state index in [0.29, 0.717) is 0 Å². The van der Waals surface area contributed by atoms with Crippen molar-refractivity contribution >= 4 is 75.1 Å². The zero-order chi connectivity index (χ0) is 33.5. The van der Waals surface area contributed by atoms with Crippen LogP contribution in [0.1, 0.15) is 0 Å². The van der Waals surface area contributed by atoms with E-state index in [0.717, 1.165) is 5.69 Å². The molecule has 2 nitrogen and oxygen atoms in total. The second-order valence-corrected chi connectivity index (χ2v) is 14.4. The first kappa shape index (κ1) is 28.4. The molecule has 238 valence electrons. The van der Waals surface area contributed by atoms with Crippen molar-refractivity contribution in [3.8, 4) is 33.6 Å². The maximum absolute atomic E-state index is 2.46. The van der Waals surface area contributed by atoms with E-state index in [1.807, 2.05) is 11.3 Å². The number of nitrogens with zero attached hydrogens (tertiary/aromatic N) is 2. The molecule has 0 unspecified atom stereocenters. The minimum absolute atomic E-state index is 1.16. The highest BCUT2D eigenvalue weighted by Gasteiger charge is 2.18. The summed E-state index contributed by atoms with van der Waals surface area (Å²) in [6, 6.07) is 66.5. The Morgan fingerprint density at radius 1 is 0.314 bits per heavy atom. The van der Waals surface area contributed by atoms with Crippen molar-refractivity contribution in [2.24, 2.45) is 0 Å². The molecule has 0 bridgehead atoms. The van der Waals surface area contributed by atoms with Gasteiger partial charge in [-0.3, -0.25) is 0 Å². The Balaban J connectivity index is 1.00. The highest BCUT2D eigenvalue weighted by molar-refractivity contribution is 7.26. The van der Waals surface area contributed by atoms with Gasteiger partial charge in [-0.2, -0.15) is 0 Å². The molecule has 0 atom stereocenters. The van der Waals surface area contributed by atoms with Gasteiger partial charge in [0.05, 0.1) is 26.8 Å². The van der Waals surface area contributed by atoms with E-state index < -0.39 is 0 Å². The second-order valence-electron chi connectivity index (χ2n) is 13.3. The molecule has 11 aromatic rings. The molecule has 0 spiro atoms. The summed E-state index contributed by atoms with van der Waals surface area (Å²) in [6.07, 6.45) is 0. The largest absolute Gasteiger partial charge is 0.309 e. The fourth-order valence-electron chi connectivity index (χ4n) is 8.17. The van der Waals surface area contributed by atoms with Crippen LogP contribution in [-0.4, -0.2) is 9.13 Å². The first-order valence-corrected chi connectivity index (χ1v) is 18.3. The minimum Gasteiger partial charge on any atom is -0.309 e. The molecule has 0 radical (unpaired) electrons. The Labute approximate surface area is 298 Å². The van der Waals surface area contributed by atoms with E-state index in [1.54, 1.807) is 0 Å². The number of benzene rings is 8. The summed E-state index contributed by atoms with van der Waals surface area (Å²) in [5, 5.41) is 7.77. The topological polar surface area (TPSA) is 9.86 Å². The van der Waals surface area contributed by atoms with Crippen LogP contribution in [0.5, 0.6) is 0 Å². The van der Waals surface area contributed by atoms with Crippen molar-refractivity contribution in [3.05, 3.63) is 182 Å². The Hall–Kier alpha value is -6.42. The number of thiophene rings is 1. The highest BCUT2D eigenvalue weighted by Crippen LogP contribution is 2.43. The Bertz CT molecular complexity index is 3100. The number of aromatic nitrogens is 2. The lowest BCUT2D eigenvalue weighted by atomic mass is 10.0. The Morgan fingerprint density at radius 2 is 0.824 bits per heavy atom. The van der Waals surface area contributed by atoms with Crippen LogP contribution in [-0.2, 0) is 0 Å². The van der Waals surface area contributed by atoms with Gasteiger partial charge in [-0.15, -0.1) is 11.3 Å². The summed E-state index contributed by atoms with van der Waals surface area (Å²) in [4.78, 5) is 0. The molecule has 0 fully saturated rings. The zero-order valence-corrected chi connectivity index (χ0v) is 28.4. The van der Waals surface area contributed by atoms with Crippen LogP contribution in [0.2, 0.25) is 0 Å². The third-order valence-electron chi connectivity index (χ3n) is 10.5. The van der Waals surface area contributed by atoms with Gasteiger partial charge in [0.1, 0.15) is 0 Å². The van der Waals surface area contributed by atoms with Crippen LogP contribution in [0.15, 0.2) is 182 Å². The highest BCUT2D eigenvalue weighted by atomic mass is 32.1. The molecule has 0 aliphatic heterocycles. The van der Waals surface area contributed by atoms with Crippen molar-refractivity contribution in [3.63, 3.8) is 0 Å². The fraction of sp³-hybridized carbons (Fsp3) is 0. The molecule has 0 aliphatic rings. The summed E-state index contributed by atoms with van der Waals surface area (Å²) in [5.41, 5.74) is 12.2. The van der Waals surface area contributed by atoms with E-state index in [-0.39, 0.29) is 0 Å². The van der Waals surface area contributed by atoms with Crippen LogP contribution < -0.4 is 0 Å². The van der Waals surface area contributed by atoms with Gasteiger partial charge in [0.25, 0.3) is 0 Å². The SMILES string of the molecule is c1ccc(-c2ccc3c(c2)c2ccccc2n3-c2ccc(-c3ccc(-n4c5ccccc5c5ccc6c7ccccc7sc6c54)cc3)cc2)cc1. The van der Waals surface area contributed by atoms with Crippen LogP contribution >= 0.6 is 11.3 Å². The molecule has 0 saturated carbocycles. The van der Waals surface area contributed by atoms with Gasteiger partial charge in [-0.05, 0) is 76.9 Å². The van der Waals surface area contributed by atoms with Gasteiger partial charge < -0.3 is 9.13 Å². The number of hydrogen-bond donors (Lipinski definition) is 0. The molecule has 0 N–H and O–H groups in total. The first-order chi connectivity index (χ1) is 25.3. The minimum atomic E-state index is 1.16. The third-order valence-corrected chi connectivity index (χ3v) is 11.7. The van der Waals surface area contributed by atoms with E-state index in [1.165, 1.54) is 91.7 Å². The van der Waals surface area contributed by atoms with Crippen molar-refractivity contribution in [2.45, 2.75) is 0 Å². The molecule has 3 heteroatoms. The molecule has 0 aliphatic carbocycles. The molecule has 0 saturated heterocycles. The molecular formula is C48H30N2S. The maximum Gasteiger partial charge on any atom is 0.0719 e. The molecule has 3 aromatic heterocycles. The molecule has 3 heterocycles. The standard InChI is InChI=1S/C48H30N2S/c1-2-10-31(11-3-1)34-22-29-45-42(30-34)38-13-5-7-15-43(38)49(45)35-23-18-32(19-24-35)33-20-25-36(26-21-33)50-44-16-8-4-12-37(44)40-27-28-41-39-14-6-9-17-46(39)51-48(41)47(40)50/h1-30H. The van der Waals surface area contributed by atoms with Gasteiger partial charge in [-0.25, -0.2) is 0 Å². The number of rotatable bonds is 4. The van der Waals surface area contributed by atoms with Crippen molar-refractivity contribution in [1.29, 1.82) is 0 Å². The molecule has 0 amide bonds. The lowest BCUT2D eigenvalue weighted by Gasteiger charge is -2.11. The Morgan fingerprint density at radius 3 is 1.55 bits per heavy atom. The predicted octanol–water partition coefficient (Wildman–Crippen LogP) is 13.6. The van der Waals surface area contributed by atoms with E-state index in [9.17, 15) is 0 Å². The van der Waals surface area contributed by atoms with Crippen molar-refractivity contribution < 1.29 is 0 Å². The molecule has 8 aromatic carbocycles. The Kier molecular flexibility index (Phi) is 6.16. The van der Waals surface area contributed by atoms with E-state index in [2.05, 4.69) is 191 Å². The molecule has 11 rings (SSSR count). The first-order valence-electron chi connectivity index (χ1n) is 17.4. The predicted molar refractivity (Wildman–Crippen MR) is 219 cm³/mol. The van der Waals surface area contributed by atoms with Crippen LogP contribution in [0, 0.1) is 0 Å². The van der Waals surface area contributed by atoms with E-state index >= 15 is 0 Å². The van der Waals surface area contributed by atoms with Crippen LogP contribution in [0.3, 0.4) is 0 Å². The molecule has 51 heavy (non-hydrogen) atoms. The summed E-state index contributed by atoms with van der Waals surface area (Å²) in [5.74, 6) is 0. The van der Waals surface area contributed by atoms with Crippen LogP contribution in [0.25, 0.3) is 97.4 Å². The third kappa shape index (κ3) is 4.29. The van der Waals surface area contributed by atoms with Crippen LogP contribution in [0.4, 0.5) is 0 Å². The van der Waals surface area contributed by atoms with Gasteiger partial charge in [0, 0.05) is 48.4 Å². The fourth-order valence-corrected chi connectivity index (χ4v) is 9.41. The number of hydrogen-bond acceptors (Lipinski definition) is 1. The number of fused-ring (bicyclic) bond motifs is 10. The number of para-hydroxylation sites is 2. The maximum atomic E-state index is 2.46. The quantitative estimate of drug-likeness (QED) is 0.177. The van der Waals surface area contributed by atoms with Crippen molar-refractivity contribution in [2.75, 3.05) is 0 Å². The molecular weight excluding hydrogens is 637 g/mol. The average Bonchev–Trinajstić information content (AvgIpc) is 3.86. The monoisotopic (exact) mass is 666 g/mol. The van der Waals surface area contributed by atoms with Gasteiger partial charge in [0.2, 0.25) is 0 Å². The lowest BCUT2D eigenvalue weighted by molar-refractivity contribution is 1.18. The normalized spacial score (nSPS) is 11.9. The summed E-state index contributed by atoms with van der Waals surface area (Å²) < 4.78 is 7.52. The summed E-state index contributed by atoms with van der Waals surface area (Å²) >= 11 is 1.89. The zero-order valence-electron chi connectivity index (χ0n) is 27.6. The smallest absolute Gasteiger partial charge is 0.0719 e. The summed E-state index contributed by atoms with van der Waals surface area (Å²) in [6.45, 7) is 0. The van der Waals surface area contributed by atoms with Gasteiger partial charge in [-0.1, -0.05) is 127 Å². The average molecular weight is 667 g/mol. The van der Waals surface area contributed by atoms with Crippen molar-refractivity contribution in [1.82, 2.24) is 9.13 Å². The van der Waals surface area contributed by atoms with E-state index in [4.69, 9.17) is 0 Å². The van der Waals surface area contributed by atoms with Gasteiger partial charge in [0.15, 0.2) is 0 Å². The van der Waals surface area contributed by atoms with Gasteiger partial charge >= 0.3 is 0 Å². The second kappa shape index (κ2) is 11.0.